The van der Waals surface area contributed by atoms with E-state index in [4.69, 9.17) is 16.6 Å². The molecule has 0 aliphatic carbocycles. The molecule has 0 radical (unpaired) electrons. The van der Waals surface area contributed by atoms with E-state index in [1.54, 1.807) is 0 Å². The number of aliphatic carboxylic acids is 1. The summed E-state index contributed by atoms with van der Waals surface area (Å²) in [5, 5.41) is 19.3. The smallest absolute Gasteiger partial charge is 0.305 e. The van der Waals surface area contributed by atoms with Crippen LogP contribution in [0.1, 0.15) is 32.1 Å². The Hall–Kier alpha value is -2.37. The number of nitrogens with one attached hydrogen (secondary N) is 4. The van der Waals surface area contributed by atoms with Crippen molar-refractivity contribution in [3.8, 4) is 0 Å². The second kappa shape index (κ2) is 22.4. The second-order valence-electron chi connectivity index (χ2n) is 8.42. The highest BCUT2D eigenvalue weighted by Gasteiger charge is 2.24. The van der Waals surface area contributed by atoms with Crippen LogP contribution in [0.4, 0.5) is 0 Å². The van der Waals surface area contributed by atoms with Gasteiger partial charge in [0.1, 0.15) is 12.1 Å². The summed E-state index contributed by atoms with van der Waals surface area (Å²) < 4.78 is 0. The van der Waals surface area contributed by atoms with Crippen LogP contribution in [-0.2, 0) is 24.0 Å². The molecule has 0 saturated carbocycles. The lowest BCUT2D eigenvalue weighted by atomic mass is 10.1. The Labute approximate surface area is 245 Å². The molecular formula is C22H42N8O6S3. The largest absolute Gasteiger partial charge is 0.481 e. The highest BCUT2D eigenvalue weighted by molar-refractivity contribution is 7.80. The monoisotopic (exact) mass is 610 g/mol. The van der Waals surface area contributed by atoms with Crippen molar-refractivity contribution < 1.29 is 29.1 Å². The number of aliphatic imine (C=N–C) groups is 1. The number of hydrogen-bond acceptors (Lipinski definition) is 10. The molecule has 4 amide bonds. The molecule has 0 aliphatic rings. The average Bonchev–Trinajstić information content (AvgIpc) is 2.85. The molecule has 0 spiro atoms. The van der Waals surface area contributed by atoms with Crippen molar-refractivity contribution in [1.82, 2.24) is 26.2 Å². The standard InChI is InChI=1S/C22H42N8O6S3/c23-22(24)27-5-1-3-15(28-18(32)14-30(8-11-38)9-12-39)20(35)26-7-4-17(31)29-16(13-19(33)34)21(36)25-6-2-10-37/h15-16,37-39H,1-14H2,(H,25,36)(H,26,35)(H,28,32)(H,29,31)(H,33,34)(H4,23,24,27)/t15-,16-/m0/s1. The summed E-state index contributed by atoms with van der Waals surface area (Å²) in [5.41, 5.74) is 10.7. The zero-order chi connectivity index (χ0) is 29.6. The van der Waals surface area contributed by atoms with Crippen LogP contribution in [0.25, 0.3) is 0 Å². The van der Waals surface area contributed by atoms with Gasteiger partial charge in [-0.05, 0) is 25.0 Å². The first-order valence-corrected chi connectivity index (χ1v) is 14.4. The van der Waals surface area contributed by atoms with E-state index >= 15 is 0 Å². The molecule has 0 aromatic heterocycles. The van der Waals surface area contributed by atoms with E-state index in [-0.39, 0.29) is 44.3 Å². The van der Waals surface area contributed by atoms with Crippen molar-refractivity contribution >= 4 is 73.4 Å². The van der Waals surface area contributed by atoms with Gasteiger partial charge in [-0.25, -0.2) is 0 Å². The molecule has 9 N–H and O–H groups in total. The maximum absolute atomic E-state index is 12.8. The van der Waals surface area contributed by atoms with Crippen LogP contribution in [-0.4, -0.2) is 114 Å². The second-order valence-corrected chi connectivity index (χ2v) is 9.76. The number of thiol groups is 3. The minimum absolute atomic E-state index is 0.0578. The summed E-state index contributed by atoms with van der Waals surface area (Å²) in [7, 11) is 0. The summed E-state index contributed by atoms with van der Waals surface area (Å²) in [6, 6.07) is -2.16. The topological polar surface area (TPSA) is 221 Å². The van der Waals surface area contributed by atoms with Crippen molar-refractivity contribution in [1.29, 1.82) is 0 Å². The average molecular weight is 611 g/mol. The number of rotatable bonds is 22. The maximum Gasteiger partial charge on any atom is 0.305 e. The van der Waals surface area contributed by atoms with Crippen molar-refractivity contribution in [3.63, 3.8) is 0 Å². The molecular weight excluding hydrogens is 568 g/mol. The number of carboxylic acid groups (broad SMARTS) is 1. The summed E-state index contributed by atoms with van der Waals surface area (Å²) in [4.78, 5) is 66.8. The van der Waals surface area contributed by atoms with Crippen LogP contribution in [0.15, 0.2) is 4.99 Å². The lowest BCUT2D eigenvalue weighted by molar-refractivity contribution is -0.140. The SMILES string of the molecule is NC(N)=NCCC[C@H](NC(=O)CN(CCS)CCS)C(=O)NCCC(=O)N[C@@H](CC(=O)O)C(=O)NCCCS. The quantitative estimate of drug-likeness (QED) is 0.0272. The Kier molecular flexibility index (Phi) is 21.1. The van der Waals surface area contributed by atoms with Gasteiger partial charge in [-0.15, -0.1) is 0 Å². The van der Waals surface area contributed by atoms with E-state index < -0.39 is 42.2 Å². The summed E-state index contributed by atoms with van der Waals surface area (Å²) >= 11 is 12.4. The fourth-order valence-electron chi connectivity index (χ4n) is 3.25. The molecule has 0 aliphatic heterocycles. The van der Waals surface area contributed by atoms with Crippen LogP contribution in [0.3, 0.4) is 0 Å². The normalized spacial score (nSPS) is 12.2. The van der Waals surface area contributed by atoms with Gasteiger partial charge in [0.2, 0.25) is 23.6 Å². The molecule has 2 atom stereocenters. The van der Waals surface area contributed by atoms with E-state index in [1.807, 2.05) is 4.90 Å². The van der Waals surface area contributed by atoms with Gasteiger partial charge in [0.05, 0.1) is 13.0 Å². The van der Waals surface area contributed by atoms with Crippen molar-refractivity contribution in [3.05, 3.63) is 0 Å². The van der Waals surface area contributed by atoms with E-state index in [0.717, 1.165) is 0 Å². The molecule has 0 aromatic carbocycles. The van der Waals surface area contributed by atoms with Crippen LogP contribution in [0.2, 0.25) is 0 Å². The van der Waals surface area contributed by atoms with Gasteiger partial charge in [-0.1, -0.05) is 0 Å². The van der Waals surface area contributed by atoms with Crippen molar-refractivity contribution in [2.24, 2.45) is 16.5 Å². The van der Waals surface area contributed by atoms with E-state index in [1.165, 1.54) is 0 Å². The highest BCUT2D eigenvalue weighted by Crippen LogP contribution is 2.01. The lowest BCUT2D eigenvalue weighted by Crippen LogP contribution is -2.51. The minimum Gasteiger partial charge on any atom is -0.481 e. The zero-order valence-corrected chi connectivity index (χ0v) is 24.6. The maximum atomic E-state index is 12.8. The summed E-state index contributed by atoms with van der Waals surface area (Å²) in [5.74, 6) is -1.81. The highest BCUT2D eigenvalue weighted by atomic mass is 32.1. The first-order chi connectivity index (χ1) is 18.5. The number of carboxylic acids is 1. The van der Waals surface area contributed by atoms with E-state index in [9.17, 15) is 24.0 Å². The molecule has 0 saturated heterocycles. The van der Waals surface area contributed by atoms with Crippen LogP contribution in [0, 0.1) is 0 Å². The van der Waals surface area contributed by atoms with Gasteiger partial charge in [-0.2, -0.15) is 37.9 Å². The van der Waals surface area contributed by atoms with Gasteiger partial charge in [0.25, 0.3) is 0 Å². The number of guanidine groups is 1. The summed E-state index contributed by atoms with van der Waals surface area (Å²) in [6.07, 6.45) is 0.435. The predicted octanol–water partition coefficient (Wildman–Crippen LogP) is -2.41. The van der Waals surface area contributed by atoms with E-state index in [2.05, 4.69) is 64.1 Å². The Morgan fingerprint density at radius 3 is 1.97 bits per heavy atom. The van der Waals surface area contributed by atoms with Gasteiger partial charge < -0.3 is 37.8 Å². The van der Waals surface area contributed by atoms with Gasteiger partial charge >= 0.3 is 5.97 Å². The lowest BCUT2D eigenvalue weighted by Gasteiger charge is -2.23. The number of amides is 4. The fourth-order valence-corrected chi connectivity index (χ4v) is 3.98. The Bertz CT molecular complexity index is 811. The molecule has 0 unspecified atom stereocenters. The molecule has 39 heavy (non-hydrogen) atoms. The molecule has 0 aromatic rings. The Morgan fingerprint density at radius 1 is 0.821 bits per heavy atom. The minimum atomic E-state index is -1.26. The number of nitrogens with zero attached hydrogens (tertiary/aromatic N) is 2. The van der Waals surface area contributed by atoms with E-state index in [0.29, 0.717) is 49.7 Å². The molecule has 0 rings (SSSR count). The predicted molar refractivity (Wildman–Crippen MR) is 159 cm³/mol. The fraction of sp³-hybridized carbons (Fsp3) is 0.727. The third-order valence-electron chi connectivity index (χ3n) is 5.11. The number of carbonyl (C=O) groups excluding carboxylic acids is 4. The Morgan fingerprint density at radius 2 is 1.41 bits per heavy atom. The number of nitrogens with two attached hydrogens (primary N) is 2. The Balaban J connectivity index is 5.02. The van der Waals surface area contributed by atoms with Crippen LogP contribution in [0.5, 0.6) is 0 Å². The van der Waals surface area contributed by atoms with Crippen molar-refractivity contribution in [2.75, 3.05) is 56.5 Å². The summed E-state index contributed by atoms with van der Waals surface area (Å²) in [6.45, 7) is 1.66. The van der Waals surface area contributed by atoms with Crippen LogP contribution < -0.4 is 32.7 Å². The number of carbonyl (C=O) groups is 5. The first-order valence-electron chi connectivity index (χ1n) is 12.5. The number of hydrogen-bond donors (Lipinski definition) is 10. The third kappa shape index (κ3) is 19.4. The zero-order valence-electron chi connectivity index (χ0n) is 21.9. The molecule has 224 valence electrons. The van der Waals surface area contributed by atoms with Crippen molar-refractivity contribution in [2.45, 2.75) is 44.2 Å². The van der Waals surface area contributed by atoms with Gasteiger partial charge in [0, 0.05) is 50.7 Å². The van der Waals surface area contributed by atoms with Gasteiger partial charge in [0.15, 0.2) is 5.96 Å². The molecule has 0 heterocycles. The third-order valence-corrected chi connectivity index (χ3v) is 5.83. The molecule has 17 heteroatoms. The molecule has 0 fully saturated rings. The van der Waals surface area contributed by atoms with Crippen LogP contribution >= 0.6 is 37.9 Å². The molecule has 14 nitrogen and oxygen atoms in total. The van der Waals surface area contributed by atoms with Gasteiger partial charge in [-0.3, -0.25) is 33.9 Å². The first kappa shape index (κ1) is 36.6. The molecule has 0 bridgehead atoms.